The Morgan fingerprint density at radius 1 is 1.11 bits per heavy atom. The first kappa shape index (κ1) is 11.7. The quantitative estimate of drug-likeness (QED) is 0.781. The predicted octanol–water partition coefficient (Wildman–Crippen LogP) is 3.33. The molecule has 0 N–H and O–H groups in total. The maximum Gasteiger partial charge on any atom is 0.203 e. The van der Waals surface area contributed by atoms with E-state index in [-0.39, 0.29) is 5.92 Å². The Labute approximate surface area is 108 Å². The van der Waals surface area contributed by atoms with Gasteiger partial charge in [0.15, 0.2) is 0 Å². The Kier molecular flexibility index (Phi) is 2.67. The molecule has 0 heterocycles. The van der Waals surface area contributed by atoms with Gasteiger partial charge in [0.05, 0.1) is 9.80 Å². The predicted molar refractivity (Wildman–Crippen MR) is 71.7 cm³/mol. The second kappa shape index (κ2) is 4.09. The van der Waals surface area contributed by atoms with Gasteiger partial charge in [-0.25, -0.2) is 8.42 Å². The lowest BCUT2D eigenvalue weighted by Gasteiger charge is -2.15. The summed E-state index contributed by atoms with van der Waals surface area (Å²) in [6.45, 7) is 2.05. The van der Waals surface area contributed by atoms with E-state index in [1.807, 2.05) is 13.0 Å². The van der Waals surface area contributed by atoms with Crippen molar-refractivity contribution in [3.8, 4) is 0 Å². The van der Waals surface area contributed by atoms with Crippen molar-refractivity contribution in [2.45, 2.75) is 24.7 Å². The Morgan fingerprint density at radius 2 is 1.78 bits per heavy atom. The SMILES string of the molecule is CCC1=C(S(=O)(=O)c2ccccc2)C2C=CC1C2. The Morgan fingerprint density at radius 3 is 2.44 bits per heavy atom. The number of rotatable bonds is 3. The number of allylic oxidation sites excluding steroid dienone is 4. The average molecular weight is 260 g/mol. The van der Waals surface area contributed by atoms with Crippen LogP contribution in [0.5, 0.6) is 0 Å². The van der Waals surface area contributed by atoms with Crippen LogP contribution in [-0.2, 0) is 9.84 Å². The third kappa shape index (κ3) is 1.57. The Hall–Kier alpha value is -1.35. The lowest BCUT2D eigenvalue weighted by atomic mass is 10.0. The van der Waals surface area contributed by atoms with E-state index in [0.29, 0.717) is 15.7 Å². The van der Waals surface area contributed by atoms with E-state index in [4.69, 9.17) is 0 Å². The summed E-state index contributed by atoms with van der Waals surface area (Å²) in [5.74, 6) is 0.462. The van der Waals surface area contributed by atoms with Crippen LogP contribution in [0.4, 0.5) is 0 Å². The van der Waals surface area contributed by atoms with Crippen molar-refractivity contribution in [2.24, 2.45) is 11.8 Å². The fourth-order valence-corrected chi connectivity index (χ4v) is 5.09. The summed E-state index contributed by atoms with van der Waals surface area (Å²) in [7, 11) is -3.30. The topological polar surface area (TPSA) is 34.1 Å². The summed E-state index contributed by atoms with van der Waals surface area (Å²) in [6.07, 6.45) is 5.99. The lowest BCUT2D eigenvalue weighted by Crippen LogP contribution is -2.11. The molecule has 1 aromatic rings. The molecule has 2 unspecified atom stereocenters. The van der Waals surface area contributed by atoms with Gasteiger partial charge in [-0.2, -0.15) is 0 Å². The first-order valence-corrected chi connectivity index (χ1v) is 7.84. The van der Waals surface area contributed by atoms with Gasteiger partial charge in [-0.3, -0.25) is 0 Å². The van der Waals surface area contributed by atoms with Gasteiger partial charge >= 0.3 is 0 Å². The molecule has 0 aromatic heterocycles. The van der Waals surface area contributed by atoms with Crippen LogP contribution in [0.15, 0.2) is 57.9 Å². The van der Waals surface area contributed by atoms with Crippen LogP contribution in [0, 0.1) is 11.8 Å². The van der Waals surface area contributed by atoms with Crippen molar-refractivity contribution in [1.29, 1.82) is 0 Å². The smallest absolute Gasteiger partial charge is 0.203 e. The maximum absolute atomic E-state index is 12.7. The number of hydrogen-bond donors (Lipinski definition) is 0. The molecule has 2 aliphatic carbocycles. The zero-order valence-electron chi connectivity index (χ0n) is 10.3. The molecule has 2 atom stereocenters. The Balaban J connectivity index is 2.13. The minimum atomic E-state index is -3.30. The summed E-state index contributed by atoms with van der Waals surface area (Å²) in [5, 5.41) is 0. The highest BCUT2D eigenvalue weighted by atomic mass is 32.2. The average Bonchev–Trinajstić information content (AvgIpc) is 2.99. The fraction of sp³-hybridized carbons (Fsp3) is 0.333. The molecule has 18 heavy (non-hydrogen) atoms. The summed E-state index contributed by atoms with van der Waals surface area (Å²) < 4.78 is 25.4. The van der Waals surface area contributed by atoms with Crippen molar-refractivity contribution in [1.82, 2.24) is 0 Å². The van der Waals surface area contributed by atoms with E-state index in [0.717, 1.165) is 18.4 Å². The highest BCUT2D eigenvalue weighted by molar-refractivity contribution is 7.95. The molecule has 2 bridgehead atoms. The molecule has 3 heteroatoms. The third-order valence-corrected chi connectivity index (χ3v) is 5.95. The van der Waals surface area contributed by atoms with Crippen LogP contribution < -0.4 is 0 Å². The molecule has 0 spiro atoms. The maximum atomic E-state index is 12.7. The van der Waals surface area contributed by atoms with Crippen LogP contribution >= 0.6 is 0 Å². The molecule has 0 aliphatic heterocycles. The van der Waals surface area contributed by atoms with Gasteiger partial charge in [-0.05, 0) is 36.5 Å². The molecule has 94 valence electrons. The lowest BCUT2D eigenvalue weighted by molar-refractivity contribution is 0.596. The van der Waals surface area contributed by atoms with Gasteiger partial charge in [0.25, 0.3) is 0 Å². The van der Waals surface area contributed by atoms with E-state index in [1.165, 1.54) is 0 Å². The van der Waals surface area contributed by atoms with Gasteiger partial charge in [-0.1, -0.05) is 37.3 Å². The van der Waals surface area contributed by atoms with Crippen molar-refractivity contribution in [3.05, 3.63) is 53.0 Å². The first-order valence-electron chi connectivity index (χ1n) is 6.36. The highest BCUT2D eigenvalue weighted by Crippen LogP contribution is 2.48. The standard InChI is InChI=1S/C15H16O2S/c1-2-14-11-8-9-12(10-11)15(14)18(16,17)13-6-4-3-5-7-13/h3-9,11-12H,2,10H2,1H3. The van der Waals surface area contributed by atoms with Crippen LogP contribution in [0.3, 0.4) is 0 Å². The summed E-state index contributed by atoms with van der Waals surface area (Å²) in [5.41, 5.74) is 1.12. The molecule has 0 fully saturated rings. The highest BCUT2D eigenvalue weighted by Gasteiger charge is 2.40. The van der Waals surface area contributed by atoms with E-state index < -0.39 is 9.84 Å². The largest absolute Gasteiger partial charge is 0.219 e. The second-order valence-electron chi connectivity index (χ2n) is 4.89. The molecule has 1 aromatic carbocycles. The second-order valence-corrected chi connectivity index (χ2v) is 6.81. The van der Waals surface area contributed by atoms with E-state index in [9.17, 15) is 8.42 Å². The molecule has 0 saturated heterocycles. The fourth-order valence-electron chi connectivity index (χ4n) is 3.11. The zero-order valence-corrected chi connectivity index (χ0v) is 11.2. The molecule has 3 rings (SSSR count). The summed E-state index contributed by atoms with van der Waals surface area (Å²) in [6, 6.07) is 8.77. The van der Waals surface area contributed by atoms with E-state index in [1.54, 1.807) is 24.3 Å². The molecule has 0 amide bonds. The summed E-state index contributed by atoms with van der Waals surface area (Å²) >= 11 is 0. The Bertz CT molecular complexity index is 624. The number of hydrogen-bond acceptors (Lipinski definition) is 2. The van der Waals surface area contributed by atoms with Gasteiger partial charge < -0.3 is 0 Å². The molecular formula is C15H16O2S. The third-order valence-electron chi connectivity index (χ3n) is 3.91. The minimum absolute atomic E-state index is 0.107. The van der Waals surface area contributed by atoms with E-state index >= 15 is 0 Å². The van der Waals surface area contributed by atoms with Crippen molar-refractivity contribution in [3.63, 3.8) is 0 Å². The van der Waals surface area contributed by atoms with Gasteiger partial charge in [-0.15, -0.1) is 0 Å². The first-order chi connectivity index (χ1) is 8.64. The van der Waals surface area contributed by atoms with Crippen LogP contribution in [0.25, 0.3) is 0 Å². The normalized spacial score (nSPS) is 26.1. The van der Waals surface area contributed by atoms with Crippen molar-refractivity contribution in [2.75, 3.05) is 0 Å². The molecule has 0 saturated carbocycles. The van der Waals surface area contributed by atoms with Crippen LogP contribution in [-0.4, -0.2) is 8.42 Å². The van der Waals surface area contributed by atoms with Gasteiger partial charge in [0.1, 0.15) is 0 Å². The van der Waals surface area contributed by atoms with Crippen molar-refractivity contribution < 1.29 is 8.42 Å². The van der Waals surface area contributed by atoms with Gasteiger partial charge in [0, 0.05) is 5.92 Å². The van der Waals surface area contributed by atoms with Gasteiger partial charge in [0.2, 0.25) is 9.84 Å². The minimum Gasteiger partial charge on any atom is -0.219 e. The molecule has 2 aliphatic rings. The zero-order chi connectivity index (χ0) is 12.8. The molecule has 2 nitrogen and oxygen atoms in total. The number of benzene rings is 1. The van der Waals surface area contributed by atoms with Crippen LogP contribution in [0.2, 0.25) is 0 Å². The number of sulfone groups is 1. The number of fused-ring (bicyclic) bond motifs is 2. The van der Waals surface area contributed by atoms with Crippen LogP contribution in [0.1, 0.15) is 19.8 Å². The summed E-state index contributed by atoms with van der Waals surface area (Å²) in [4.78, 5) is 1.09. The monoisotopic (exact) mass is 260 g/mol. The van der Waals surface area contributed by atoms with Crippen molar-refractivity contribution >= 4 is 9.84 Å². The molecule has 0 radical (unpaired) electrons. The molecular weight excluding hydrogens is 244 g/mol. The van der Waals surface area contributed by atoms with E-state index in [2.05, 4.69) is 12.2 Å².